The summed E-state index contributed by atoms with van der Waals surface area (Å²) in [7, 11) is -3.56. The lowest BCUT2D eigenvalue weighted by Crippen LogP contribution is -2.31. The normalized spacial score (nSPS) is 11.2. The quantitative estimate of drug-likeness (QED) is 0.636. The average Bonchev–Trinajstić information content (AvgIpc) is 2.20. The molecule has 0 saturated carbocycles. The Bertz CT molecular complexity index is 526. The summed E-state index contributed by atoms with van der Waals surface area (Å²) in [6.07, 6.45) is 0. The summed E-state index contributed by atoms with van der Waals surface area (Å²) < 4.78 is 21.3. The summed E-state index contributed by atoms with van der Waals surface area (Å²) >= 11 is 0. The van der Waals surface area contributed by atoms with Crippen LogP contribution < -0.4 is 16.2 Å². The molecule has 7 heteroatoms. The van der Waals surface area contributed by atoms with Gasteiger partial charge in [-0.15, -0.1) is 0 Å². The minimum atomic E-state index is -3.56. The van der Waals surface area contributed by atoms with Gasteiger partial charge in [-0.2, -0.15) is 0 Å². The third-order valence-electron chi connectivity index (χ3n) is 2.21. The van der Waals surface area contributed by atoms with Crippen LogP contribution >= 0.6 is 0 Å². The van der Waals surface area contributed by atoms with Crippen LogP contribution in [0.15, 0.2) is 18.2 Å². The summed E-state index contributed by atoms with van der Waals surface area (Å²) in [4.78, 5) is 11.6. The molecule has 5 N–H and O–H groups in total. The molecule has 0 aliphatic heterocycles. The first-order chi connectivity index (χ1) is 7.79. The maximum Gasteiger partial charge on any atom is 0.251 e. The molecule has 94 valence electrons. The van der Waals surface area contributed by atoms with Crippen molar-refractivity contribution in [2.75, 3.05) is 18.0 Å². The number of rotatable bonds is 4. The molecule has 0 radical (unpaired) electrons. The van der Waals surface area contributed by atoms with E-state index in [2.05, 4.69) is 5.32 Å². The molecule has 6 nitrogen and oxygen atoms in total. The molecular weight excluding hydrogens is 242 g/mol. The molecule has 1 aromatic rings. The lowest BCUT2D eigenvalue weighted by atomic mass is 10.1. The molecule has 0 aliphatic carbocycles. The number of carbonyl (C=O) groups excluding carboxylic acids is 1. The maximum atomic E-state index is 11.6. The Morgan fingerprint density at radius 2 is 2.06 bits per heavy atom. The number of carbonyl (C=O) groups is 1. The fourth-order valence-electron chi connectivity index (χ4n) is 1.19. The van der Waals surface area contributed by atoms with Crippen molar-refractivity contribution in [1.82, 2.24) is 5.32 Å². The molecule has 0 heterocycles. The number of nitrogen functional groups attached to an aromatic ring is 1. The molecule has 1 aromatic carbocycles. The first-order valence-corrected chi connectivity index (χ1v) is 6.66. The van der Waals surface area contributed by atoms with E-state index in [1.165, 1.54) is 0 Å². The minimum absolute atomic E-state index is 0.0224. The van der Waals surface area contributed by atoms with Gasteiger partial charge in [0.25, 0.3) is 5.91 Å². The first kappa shape index (κ1) is 13.5. The van der Waals surface area contributed by atoms with E-state index in [0.29, 0.717) is 11.3 Å². The van der Waals surface area contributed by atoms with Gasteiger partial charge in [0.05, 0.1) is 5.75 Å². The van der Waals surface area contributed by atoms with Crippen LogP contribution in [0.5, 0.6) is 0 Å². The number of anilines is 1. The molecule has 0 unspecified atom stereocenters. The Morgan fingerprint density at radius 1 is 1.41 bits per heavy atom. The number of primary sulfonamides is 1. The topological polar surface area (TPSA) is 115 Å². The Labute approximate surface area is 100 Å². The lowest BCUT2D eigenvalue weighted by Gasteiger charge is -2.06. The van der Waals surface area contributed by atoms with Gasteiger partial charge in [-0.25, -0.2) is 13.6 Å². The van der Waals surface area contributed by atoms with Crippen molar-refractivity contribution >= 4 is 21.6 Å². The van der Waals surface area contributed by atoms with E-state index >= 15 is 0 Å². The van der Waals surface area contributed by atoms with Gasteiger partial charge in [0.15, 0.2) is 0 Å². The van der Waals surface area contributed by atoms with Crippen molar-refractivity contribution < 1.29 is 13.2 Å². The second-order valence-electron chi connectivity index (χ2n) is 3.69. The summed E-state index contributed by atoms with van der Waals surface area (Å²) in [5.41, 5.74) is 7.45. The molecule has 0 aromatic heterocycles. The highest BCUT2D eigenvalue weighted by Gasteiger charge is 2.08. The SMILES string of the molecule is Cc1ccc(C(=O)NCCS(N)(=O)=O)cc1N. The Hall–Kier alpha value is -1.60. The Kier molecular flexibility index (Phi) is 4.08. The van der Waals surface area contributed by atoms with E-state index in [-0.39, 0.29) is 18.2 Å². The van der Waals surface area contributed by atoms with Crippen LogP contribution in [0, 0.1) is 6.92 Å². The smallest absolute Gasteiger partial charge is 0.251 e. The second kappa shape index (κ2) is 5.15. The molecule has 0 atom stereocenters. The van der Waals surface area contributed by atoms with Crippen LogP contribution in [0.1, 0.15) is 15.9 Å². The van der Waals surface area contributed by atoms with Crippen molar-refractivity contribution in [3.8, 4) is 0 Å². The van der Waals surface area contributed by atoms with Crippen LogP contribution in [-0.2, 0) is 10.0 Å². The van der Waals surface area contributed by atoms with E-state index in [1.807, 2.05) is 6.92 Å². The van der Waals surface area contributed by atoms with E-state index in [9.17, 15) is 13.2 Å². The van der Waals surface area contributed by atoms with E-state index < -0.39 is 10.0 Å². The Morgan fingerprint density at radius 3 is 2.59 bits per heavy atom. The summed E-state index contributed by atoms with van der Waals surface area (Å²) in [6, 6.07) is 4.89. The van der Waals surface area contributed by atoms with Crippen LogP contribution in [-0.4, -0.2) is 26.6 Å². The molecule has 0 fully saturated rings. The van der Waals surface area contributed by atoms with Crippen molar-refractivity contribution in [3.63, 3.8) is 0 Å². The third-order valence-corrected chi connectivity index (χ3v) is 2.99. The van der Waals surface area contributed by atoms with Crippen LogP contribution in [0.3, 0.4) is 0 Å². The first-order valence-electron chi connectivity index (χ1n) is 4.94. The van der Waals surface area contributed by atoms with Crippen LogP contribution in [0.4, 0.5) is 5.69 Å². The highest BCUT2D eigenvalue weighted by atomic mass is 32.2. The Balaban J connectivity index is 2.61. The van der Waals surface area contributed by atoms with Crippen molar-refractivity contribution in [2.24, 2.45) is 5.14 Å². The van der Waals surface area contributed by atoms with E-state index in [4.69, 9.17) is 10.9 Å². The summed E-state index contributed by atoms with van der Waals surface area (Å²) in [5.74, 6) is -0.666. The summed E-state index contributed by atoms with van der Waals surface area (Å²) in [5, 5.41) is 7.25. The summed E-state index contributed by atoms with van der Waals surface area (Å²) in [6.45, 7) is 1.81. The van der Waals surface area contributed by atoms with E-state index in [0.717, 1.165) is 5.56 Å². The highest BCUT2D eigenvalue weighted by Crippen LogP contribution is 2.12. The van der Waals surface area contributed by atoms with Gasteiger partial charge in [-0.05, 0) is 24.6 Å². The van der Waals surface area contributed by atoms with Gasteiger partial charge in [0.1, 0.15) is 0 Å². The van der Waals surface area contributed by atoms with Gasteiger partial charge >= 0.3 is 0 Å². The molecule has 1 rings (SSSR count). The molecule has 17 heavy (non-hydrogen) atoms. The predicted octanol–water partition coefficient (Wildman–Crippen LogP) is -0.404. The van der Waals surface area contributed by atoms with Gasteiger partial charge in [-0.3, -0.25) is 4.79 Å². The molecule has 1 amide bonds. The zero-order valence-corrected chi connectivity index (χ0v) is 10.3. The molecule has 0 bridgehead atoms. The highest BCUT2D eigenvalue weighted by molar-refractivity contribution is 7.89. The lowest BCUT2D eigenvalue weighted by molar-refractivity contribution is 0.0956. The van der Waals surface area contributed by atoms with Crippen LogP contribution in [0.25, 0.3) is 0 Å². The monoisotopic (exact) mass is 257 g/mol. The largest absolute Gasteiger partial charge is 0.398 e. The number of aryl methyl sites for hydroxylation is 1. The van der Waals surface area contributed by atoms with Gasteiger partial charge < -0.3 is 11.1 Å². The minimum Gasteiger partial charge on any atom is -0.398 e. The fraction of sp³-hybridized carbons (Fsp3) is 0.300. The van der Waals surface area contributed by atoms with Gasteiger partial charge in [0, 0.05) is 17.8 Å². The zero-order valence-electron chi connectivity index (χ0n) is 9.43. The van der Waals surface area contributed by atoms with Crippen LogP contribution in [0.2, 0.25) is 0 Å². The standard InChI is InChI=1S/C10H15N3O3S/c1-7-2-3-8(6-9(7)11)10(14)13-4-5-17(12,15)16/h2-3,6H,4-5,11H2,1H3,(H,13,14)(H2,12,15,16). The van der Waals surface area contributed by atoms with Crippen molar-refractivity contribution in [3.05, 3.63) is 29.3 Å². The number of hydrogen-bond donors (Lipinski definition) is 3. The number of nitrogens with one attached hydrogen (secondary N) is 1. The number of amides is 1. The van der Waals surface area contributed by atoms with E-state index in [1.54, 1.807) is 18.2 Å². The molecular formula is C10H15N3O3S. The predicted molar refractivity (Wildman–Crippen MR) is 65.9 cm³/mol. The molecule has 0 aliphatic rings. The van der Waals surface area contributed by atoms with Gasteiger partial charge in [0.2, 0.25) is 10.0 Å². The average molecular weight is 257 g/mol. The molecule has 0 saturated heterocycles. The zero-order chi connectivity index (χ0) is 13.1. The third kappa shape index (κ3) is 4.41. The number of benzene rings is 1. The van der Waals surface area contributed by atoms with Crippen molar-refractivity contribution in [2.45, 2.75) is 6.92 Å². The number of hydrogen-bond acceptors (Lipinski definition) is 4. The van der Waals surface area contributed by atoms with Crippen molar-refractivity contribution in [1.29, 1.82) is 0 Å². The second-order valence-corrected chi connectivity index (χ2v) is 5.43. The molecule has 0 spiro atoms. The maximum absolute atomic E-state index is 11.6. The fourth-order valence-corrected chi connectivity index (χ4v) is 1.58. The van der Waals surface area contributed by atoms with Gasteiger partial charge in [-0.1, -0.05) is 6.07 Å². The number of nitrogens with two attached hydrogens (primary N) is 2. The number of sulfonamides is 1.